The summed E-state index contributed by atoms with van der Waals surface area (Å²) in [6, 6.07) is -0.861. The summed E-state index contributed by atoms with van der Waals surface area (Å²) in [6.45, 7) is 3.50. The Morgan fingerprint density at radius 1 is 1.60 bits per heavy atom. The minimum Gasteiger partial charge on any atom is -0.591 e. The molecule has 1 aliphatic heterocycles. The number of carboxylic acids is 1. The Morgan fingerprint density at radius 2 is 2.30 bits per heavy atom. The number of quaternary nitrogens is 1. The molecule has 0 aromatic carbocycles. The second-order valence-electron chi connectivity index (χ2n) is 4.08. The van der Waals surface area contributed by atoms with Crippen LogP contribution in [0.2, 0.25) is 0 Å². The van der Waals surface area contributed by atoms with Gasteiger partial charge in [-0.15, -0.1) is 5.01 Å². The molecule has 0 aromatic heterocycles. The van der Waals surface area contributed by atoms with Crippen molar-refractivity contribution in [3.63, 3.8) is 0 Å². The molecule has 116 valence electrons. The zero-order chi connectivity index (χ0) is 15.1. The molecule has 1 saturated heterocycles. The first-order valence-corrected chi connectivity index (χ1v) is 6.24. The first-order valence-electron chi connectivity index (χ1n) is 6.24. The first-order chi connectivity index (χ1) is 9.45. The maximum atomic E-state index is 11.7. The van der Waals surface area contributed by atoms with E-state index in [9.17, 15) is 14.8 Å². The summed E-state index contributed by atoms with van der Waals surface area (Å²) in [5.41, 5.74) is 2.05. The number of hydrogen-bond donors (Lipinski definition) is 3. The summed E-state index contributed by atoms with van der Waals surface area (Å²) < 4.78 is 9.17. The highest BCUT2D eigenvalue weighted by Crippen LogP contribution is 2.12. The lowest BCUT2D eigenvalue weighted by Crippen LogP contribution is -3.20. The smallest absolute Gasteiger partial charge is 0.510 e. The van der Waals surface area contributed by atoms with Crippen LogP contribution in [-0.4, -0.2) is 47.7 Å². The van der Waals surface area contributed by atoms with E-state index in [-0.39, 0.29) is 6.61 Å². The molecule has 0 saturated carbocycles. The largest absolute Gasteiger partial charge is 0.591 e. The Labute approximate surface area is 115 Å². The van der Waals surface area contributed by atoms with Crippen LogP contribution < -0.4 is 10.9 Å². The van der Waals surface area contributed by atoms with Gasteiger partial charge in [-0.05, 0) is 25.4 Å². The van der Waals surface area contributed by atoms with Gasteiger partial charge in [-0.25, -0.2) is 9.63 Å². The Kier molecular flexibility index (Phi) is 6.61. The van der Waals surface area contributed by atoms with Crippen molar-refractivity contribution in [2.45, 2.75) is 39.0 Å². The molecule has 2 unspecified atom stereocenters. The third-order valence-electron chi connectivity index (χ3n) is 2.64. The summed E-state index contributed by atoms with van der Waals surface area (Å²) in [5.74, 6) is -1.06. The monoisotopic (exact) mass is 293 g/mol. The lowest BCUT2D eigenvalue weighted by molar-refractivity contribution is -1.04. The van der Waals surface area contributed by atoms with Crippen LogP contribution in [0.25, 0.3) is 0 Å². The molecule has 10 heteroatoms. The highest BCUT2D eigenvalue weighted by Gasteiger charge is 2.35. The molecule has 0 aromatic rings. The Morgan fingerprint density at radius 3 is 2.90 bits per heavy atom. The lowest BCUT2D eigenvalue weighted by atomic mass is 10.2. The van der Waals surface area contributed by atoms with Crippen LogP contribution in [-0.2, 0) is 19.1 Å². The molecular weight excluding hydrogens is 274 g/mol. The molecule has 1 fully saturated rings. The van der Waals surface area contributed by atoms with Crippen LogP contribution in [0.1, 0.15) is 26.7 Å². The maximum absolute atomic E-state index is 11.7. The standard InChI is InChI=1S/C10H19N3O7/c1-3-18-10(16)19-7(2)20-11-13(17)12-6-4-5-8(12)9(14)15/h7-8,11,13H,3-6H2,1-2H3,(H,14,15)/t7?,8-/m0/s1. The molecule has 1 rings (SSSR count). The number of rotatable bonds is 7. The topological polar surface area (TPSA) is 125 Å². The zero-order valence-corrected chi connectivity index (χ0v) is 11.3. The molecule has 3 atom stereocenters. The number of hydrogen-bond acceptors (Lipinski definition) is 8. The summed E-state index contributed by atoms with van der Waals surface area (Å²) in [5, 5.41) is 21.1. The summed E-state index contributed by atoms with van der Waals surface area (Å²) >= 11 is 0. The Balaban J connectivity index is 2.33. The van der Waals surface area contributed by atoms with Crippen LogP contribution in [0.4, 0.5) is 4.79 Å². The molecule has 1 aliphatic rings. The minimum absolute atomic E-state index is 0.159. The van der Waals surface area contributed by atoms with E-state index in [0.717, 1.165) is 5.01 Å². The van der Waals surface area contributed by atoms with Crippen LogP contribution in [0.3, 0.4) is 0 Å². The van der Waals surface area contributed by atoms with Gasteiger partial charge in [0.2, 0.25) is 6.29 Å². The SMILES string of the molecule is CCOC(=O)OC(C)ON[NH+]([O-])N1CCC[C@H]1C(=O)O. The van der Waals surface area contributed by atoms with Gasteiger partial charge in [0.05, 0.1) is 13.2 Å². The second kappa shape index (κ2) is 7.97. The van der Waals surface area contributed by atoms with Crippen molar-refractivity contribution < 1.29 is 34.3 Å². The molecule has 10 nitrogen and oxygen atoms in total. The van der Waals surface area contributed by atoms with E-state index in [1.807, 2.05) is 5.59 Å². The van der Waals surface area contributed by atoms with Crippen molar-refractivity contribution in [1.82, 2.24) is 10.6 Å². The van der Waals surface area contributed by atoms with Crippen molar-refractivity contribution >= 4 is 12.1 Å². The number of ether oxygens (including phenoxy) is 2. The highest BCUT2D eigenvalue weighted by molar-refractivity contribution is 5.73. The van der Waals surface area contributed by atoms with Gasteiger partial charge in [0.25, 0.3) is 0 Å². The molecule has 0 bridgehead atoms. The summed E-state index contributed by atoms with van der Waals surface area (Å²) in [6.07, 6.45) is -0.959. The number of carbonyl (C=O) groups is 2. The van der Waals surface area contributed by atoms with E-state index in [2.05, 4.69) is 9.47 Å². The average molecular weight is 293 g/mol. The Hall–Kier alpha value is -1.46. The number of nitrogens with zero attached hydrogens (tertiary/aromatic N) is 1. The normalized spacial score (nSPS) is 22.2. The highest BCUT2D eigenvalue weighted by atomic mass is 16.9. The van der Waals surface area contributed by atoms with E-state index in [4.69, 9.17) is 9.94 Å². The minimum atomic E-state index is -1.06. The summed E-state index contributed by atoms with van der Waals surface area (Å²) in [7, 11) is 0. The maximum Gasteiger partial charge on any atom is 0.510 e. The molecule has 0 spiro atoms. The fourth-order valence-electron chi connectivity index (χ4n) is 1.77. The molecule has 1 heterocycles. The zero-order valence-electron chi connectivity index (χ0n) is 11.3. The van der Waals surface area contributed by atoms with E-state index >= 15 is 0 Å². The van der Waals surface area contributed by atoms with E-state index in [1.54, 1.807) is 6.92 Å². The van der Waals surface area contributed by atoms with Crippen molar-refractivity contribution in [3.05, 3.63) is 5.21 Å². The third-order valence-corrected chi connectivity index (χ3v) is 2.64. The number of nitrogens with one attached hydrogen (secondary N) is 2. The van der Waals surface area contributed by atoms with E-state index < -0.39 is 29.7 Å². The van der Waals surface area contributed by atoms with Crippen LogP contribution >= 0.6 is 0 Å². The molecule has 0 amide bonds. The summed E-state index contributed by atoms with van der Waals surface area (Å²) in [4.78, 5) is 26.7. The lowest BCUT2D eigenvalue weighted by Gasteiger charge is -2.32. The van der Waals surface area contributed by atoms with Gasteiger partial charge >= 0.3 is 12.1 Å². The molecule has 0 aliphatic carbocycles. The Bertz CT molecular complexity index is 341. The van der Waals surface area contributed by atoms with Crippen LogP contribution in [0, 0.1) is 5.21 Å². The fourth-order valence-corrected chi connectivity index (χ4v) is 1.77. The van der Waals surface area contributed by atoms with Gasteiger partial charge in [0.15, 0.2) is 6.04 Å². The molecule has 0 radical (unpaired) electrons. The van der Waals surface area contributed by atoms with Gasteiger partial charge in [-0.2, -0.15) is 5.28 Å². The average Bonchev–Trinajstić information content (AvgIpc) is 2.85. The molecular formula is C10H19N3O7. The predicted molar refractivity (Wildman–Crippen MR) is 63.5 cm³/mol. The number of carboxylic acid groups (broad SMARTS) is 1. The number of aliphatic carboxylic acids is 1. The van der Waals surface area contributed by atoms with E-state index in [1.165, 1.54) is 6.92 Å². The molecule has 20 heavy (non-hydrogen) atoms. The first kappa shape index (κ1) is 16.6. The van der Waals surface area contributed by atoms with Crippen LogP contribution in [0.5, 0.6) is 0 Å². The van der Waals surface area contributed by atoms with Gasteiger partial charge in [0, 0.05) is 6.92 Å². The quantitative estimate of drug-likeness (QED) is 0.301. The van der Waals surface area contributed by atoms with Gasteiger partial charge in [-0.3, -0.25) is 4.79 Å². The van der Waals surface area contributed by atoms with Gasteiger partial charge in [-0.1, -0.05) is 0 Å². The van der Waals surface area contributed by atoms with Crippen molar-refractivity contribution in [2.75, 3.05) is 13.2 Å². The van der Waals surface area contributed by atoms with E-state index in [0.29, 0.717) is 19.4 Å². The van der Waals surface area contributed by atoms with Gasteiger partial charge in [0.1, 0.15) is 0 Å². The van der Waals surface area contributed by atoms with Crippen molar-refractivity contribution in [3.8, 4) is 0 Å². The van der Waals surface area contributed by atoms with Crippen molar-refractivity contribution in [1.29, 1.82) is 0 Å². The predicted octanol–water partition coefficient (Wildman–Crippen LogP) is -1.21. The number of carbonyl (C=O) groups excluding carboxylic acids is 1. The van der Waals surface area contributed by atoms with Crippen LogP contribution in [0.15, 0.2) is 0 Å². The van der Waals surface area contributed by atoms with Crippen molar-refractivity contribution in [2.24, 2.45) is 0 Å². The third kappa shape index (κ3) is 4.90. The fraction of sp³-hybridized carbons (Fsp3) is 0.800. The molecule has 3 N–H and O–H groups in total. The van der Waals surface area contributed by atoms with Gasteiger partial charge < -0.3 is 19.8 Å². The second-order valence-corrected chi connectivity index (χ2v) is 4.08.